The lowest BCUT2D eigenvalue weighted by Crippen LogP contribution is -2.28. The molecule has 1 aliphatic heterocycles. The van der Waals surface area contributed by atoms with Crippen LogP contribution in [0.4, 0.5) is 5.69 Å². The highest BCUT2D eigenvalue weighted by Gasteiger charge is 2.26. The van der Waals surface area contributed by atoms with E-state index in [1.807, 2.05) is 25.2 Å². The van der Waals surface area contributed by atoms with Crippen molar-refractivity contribution in [2.45, 2.75) is 18.8 Å². The summed E-state index contributed by atoms with van der Waals surface area (Å²) in [7, 11) is 2.01. The van der Waals surface area contributed by atoms with Gasteiger partial charge in [-0.1, -0.05) is 17.7 Å². The third kappa shape index (κ3) is 2.00. The van der Waals surface area contributed by atoms with Crippen molar-refractivity contribution in [3.63, 3.8) is 0 Å². The summed E-state index contributed by atoms with van der Waals surface area (Å²) in [5.41, 5.74) is 2.05. The van der Waals surface area contributed by atoms with Crippen LogP contribution in [0.2, 0.25) is 5.02 Å². The number of carbonyl (C=O) groups is 1. The van der Waals surface area contributed by atoms with Crippen molar-refractivity contribution in [2.24, 2.45) is 0 Å². The van der Waals surface area contributed by atoms with Crippen LogP contribution in [0.25, 0.3) is 0 Å². The van der Waals surface area contributed by atoms with Crippen LogP contribution in [-0.2, 0) is 4.79 Å². The van der Waals surface area contributed by atoms with E-state index in [1.54, 1.807) is 0 Å². The molecule has 1 unspecified atom stereocenters. The number of nitrogens with zero attached hydrogens (tertiary/aromatic N) is 1. The topological polar surface area (TPSA) is 40.5 Å². The fourth-order valence-corrected chi connectivity index (χ4v) is 2.62. The molecule has 0 amide bonds. The number of benzene rings is 1. The largest absolute Gasteiger partial charge is 0.481 e. The van der Waals surface area contributed by atoms with Crippen LogP contribution in [0.1, 0.15) is 24.3 Å². The molecule has 16 heavy (non-hydrogen) atoms. The van der Waals surface area contributed by atoms with Crippen LogP contribution in [0.5, 0.6) is 0 Å². The van der Waals surface area contributed by atoms with Crippen molar-refractivity contribution in [1.29, 1.82) is 0 Å². The van der Waals surface area contributed by atoms with Gasteiger partial charge in [0.2, 0.25) is 0 Å². The van der Waals surface area contributed by atoms with Gasteiger partial charge in [0.1, 0.15) is 0 Å². The second-order valence-electron chi connectivity index (χ2n) is 4.18. The van der Waals surface area contributed by atoms with Gasteiger partial charge >= 0.3 is 5.97 Å². The van der Waals surface area contributed by atoms with Gasteiger partial charge in [-0.2, -0.15) is 0 Å². The minimum Gasteiger partial charge on any atom is -0.481 e. The smallest absolute Gasteiger partial charge is 0.303 e. The van der Waals surface area contributed by atoms with E-state index in [0.29, 0.717) is 5.02 Å². The Morgan fingerprint density at radius 3 is 3.06 bits per heavy atom. The SMILES string of the molecule is CN1CCC(CC(=O)O)c2c(Cl)cccc21. The average Bonchev–Trinajstić information content (AvgIpc) is 2.22. The fourth-order valence-electron chi connectivity index (χ4n) is 2.29. The van der Waals surface area contributed by atoms with E-state index in [1.165, 1.54) is 0 Å². The lowest BCUT2D eigenvalue weighted by molar-refractivity contribution is -0.137. The number of carboxylic acid groups (broad SMARTS) is 1. The minimum atomic E-state index is -0.763. The summed E-state index contributed by atoms with van der Waals surface area (Å²) in [4.78, 5) is 12.9. The molecular formula is C12H14ClNO2. The molecule has 1 N–H and O–H groups in total. The zero-order chi connectivity index (χ0) is 11.7. The molecule has 3 nitrogen and oxygen atoms in total. The van der Waals surface area contributed by atoms with Crippen molar-refractivity contribution in [2.75, 3.05) is 18.5 Å². The van der Waals surface area contributed by atoms with Crippen LogP contribution >= 0.6 is 11.6 Å². The summed E-state index contributed by atoms with van der Waals surface area (Å²) < 4.78 is 0. The fraction of sp³-hybridized carbons (Fsp3) is 0.417. The third-order valence-electron chi connectivity index (χ3n) is 3.08. The number of anilines is 1. The Kier molecular flexibility index (Phi) is 3.06. The first-order valence-corrected chi connectivity index (χ1v) is 5.68. The van der Waals surface area contributed by atoms with Gasteiger partial charge in [-0.3, -0.25) is 4.79 Å². The lowest BCUT2D eigenvalue weighted by Gasteiger charge is -2.33. The highest BCUT2D eigenvalue weighted by Crippen LogP contribution is 2.40. The van der Waals surface area contributed by atoms with E-state index in [4.69, 9.17) is 16.7 Å². The molecule has 1 heterocycles. The van der Waals surface area contributed by atoms with E-state index in [0.717, 1.165) is 24.2 Å². The van der Waals surface area contributed by atoms with Gasteiger partial charge in [-0.25, -0.2) is 0 Å². The van der Waals surface area contributed by atoms with E-state index in [9.17, 15) is 4.79 Å². The molecule has 0 saturated carbocycles. The number of hydrogen-bond acceptors (Lipinski definition) is 2. The lowest BCUT2D eigenvalue weighted by atomic mass is 9.87. The monoisotopic (exact) mass is 239 g/mol. The van der Waals surface area contributed by atoms with Gasteiger partial charge in [0.15, 0.2) is 0 Å². The van der Waals surface area contributed by atoms with Crippen LogP contribution in [0, 0.1) is 0 Å². The number of carboxylic acids is 1. The molecule has 1 aromatic carbocycles. The van der Waals surface area contributed by atoms with Gasteiger partial charge < -0.3 is 10.0 Å². The Balaban J connectivity index is 2.42. The Hall–Kier alpha value is -1.22. The molecule has 1 atom stereocenters. The summed E-state index contributed by atoms with van der Waals surface area (Å²) in [6, 6.07) is 5.73. The molecule has 4 heteroatoms. The van der Waals surface area contributed by atoms with Gasteiger partial charge in [0.05, 0.1) is 6.42 Å². The molecule has 0 spiro atoms. The van der Waals surface area contributed by atoms with Crippen molar-refractivity contribution in [3.05, 3.63) is 28.8 Å². The Morgan fingerprint density at radius 2 is 2.38 bits per heavy atom. The summed E-state index contributed by atoms with van der Waals surface area (Å²) in [5.74, 6) is -0.724. The van der Waals surface area contributed by atoms with Crippen LogP contribution in [0.15, 0.2) is 18.2 Å². The Labute approximate surface area is 99.6 Å². The van der Waals surface area contributed by atoms with Crippen LogP contribution in [-0.4, -0.2) is 24.7 Å². The van der Waals surface area contributed by atoms with Crippen molar-refractivity contribution >= 4 is 23.3 Å². The Morgan fingerprint density at radius 1 is 1.62 bits per heavy atom. The normalized spacial score (nSPS) is 19.4. The number of halogens is 1. The molecule has 1 aromatic rings. The molecule has 1 aliphatic rings. The third-order valence-corrected chi connectivity index (χ3v) is 3.41. The van der Waals surface area contributed by atoms with Gasteiger partial charge in [-0.15, -0.1) is 0 Å². The molecule has 0 aromatic heterocycles. The highest BCUT2D eigenvalue weighted by molar-refractivity contribution is 6.31. The van der Waals surface area contributed by atoms with E-state index in [2.05, 4.69) is 4.90 Å². The van der Waals surface area contributed by atoms with Crippen molar-refractivity contribution in [1.82, 2.24) is 0 Å². The van der Waals surface area contributed by atoms with Crippen LogP contribution in [0.3, 0.4) is 0 Å². The zero-order valence-electron chi connectivity index (χ0n) is 9.11. The number of fused-ring (bicyclic) bond motifs is 1. The molecule has 86 valence electrons. The molecular weight excluding hydrogens is 226 g/mol. The molecule has 0 radical (unpaired) electrons. The molecule has 2 rings (SSSR count). The minimum absolute atomic E-state index is 0.0393. The van der Waals surface area contributed by atoms with Gasteiger partial charge in [0, 0.05) is 24.3 Å². The van der Waals surface area contributed by atoms with E-state index < -0.39 is 5.97 Å². The number of hydrogen-bond donors (Lipinski definition) is 1. The molecule has 0 bridgehead atoms. The standard InChI is InChI=1S/C12H14ClNO2/c1-14-6-5-8(7-11(15)16)12-9(13)3-2-4-10(12)14/h2-4,8H,5-7H2,1H3,(H,15,16). The van der Waals surface area contributed by atoms with E-state index >= 15 is 0 Å². The quantitative estimate of drug-likeness (QED) is 0.863. The zero-order valence-corrected chi connectivity index (χ0v) is 9.87. The summed E-state index contributed by atoms with van der Waals surface area (Å²) in [5, 5.41) is 9.57. The summed E-state index contributed by atoms with van der Waals surface area (Å²) in [6.45, 7) is 0.880. The maximum atomic E-state index is 10.8. The first kappa shape index (κ1) is 11.3. The summed E-state index contributed by atoms with van der Waals surface area (Å²) >= 11 is 6.17. The number of aliphatic carboxylic acids is 1. The van der Waals surface area contributed by atoms with Crippen molar-refractivity contribution in [3.8, 4) is 0 Å². The summed E-state index contributed by atoms with van der Waals surface area (Å²) in [6.07, 6.45) is 1.00. The average molecular weight is 240 g/mol. The molecule has 0 fully saturated rings. The second-order valence-corrected chi connectivity index (χ2v) is 4.58. The molecule has 0 aliphatic carbocycles. The first-order valence-electron chi connectivity index (χ1n) is 5.31. The predicted molar refractivity (Wildman–Crippen MR) is 64.3 cm³/mol. The first-order chi connectivity index (χ1) is 7.59. The molecule has 0 saturated heterocycles. The van der Waals surface area contributed by atoms with E-state index in [-0.39, 0.29) is 12.3 Å². The maximum absolute atomic E-state index is 10.8. The van der Waals surface area contributed by atoms with Gasteiger partial charge in [0.25, 0.3) is 0 Å². The van der Waals surface area contributed by atoms with Gasteiger partial charge in [-0.05, 0) is 30.0 Å². The maximum Gasteiger partial charge on any atom is 0.303 e. The predicted octanol–water partition coefficient (Wildman–Crippen LogP) is 2.74. The second kappa shape index (κ2) is 4.34. The van der Waals surface area contributed by atoms with Crippen molar-refractivity contribution < 1.29 is 9.90 Å². The highest BCUT2D eigenvalue weighted by atomic mass is 35.5. The number of rotatable bonds is 2. The van der Waals surface area contributed by atoms with Crippen LogP contribution < -0.4 is 4.90 Å². The Bertz CT molecular complexity index is 419.